The normalized spacial score (nSPS) is 24.6. The van der Waals surface area contributed by atoms with Crippen LogP contribution in [-0.2, 0) is 4.79 Å². The molecule has 2 aliphatic rings. The van der Waals surface area contributed by atoms with E-state index >= 15 is 0 Å². The van der Waals surface area contributed by atoms with Crippen LogP contribution in [0.4, 0.5) is 0 Å². The van der Waals surface area contributed by atoms with E-state index in [2.05, 4.69) is 16.7 Å². The number of likely N-dealkylation sites (tertiary alicyclic amines) is 1. The van der Waals surface area contributed by atoms with Gasteiger partial charge in [0.15, 0.2) is 0 Å². The van der Waals surface area contributed by atoms with Crippen LogP contribution in [0.3, 0.4) is 0 Å². The zero-order valence-corrected chi connectivity index (χ0v) is 13.4. The van der Waals surface area contributed by atoms with Crippen molar-refractivity contribution in [3.63, 3.8) is 0 Å². The summed E-state index contributed by atoms with van der Waals surface area (Å²) in [5.74, 6) is 0.162. The third-order valence-corrected chi connectivity index (χ3v) is 5.30. The first-order valence-corrected chi connectivity index (χ1v) is 7.93. The lowest BCUT2D eigenvalue weighted by molar-refractivity contribution is -0.131. The van der Waals surface area contributed by atoms with E-state index in [9.17, 15) is 4.79 Å². The fourth-order valence-electron chi connectivity index (χ4n) is 3.41. The van der Waals surface area contributed by atoms with E-state index in [0.29, 0.717) is 4.99 Å². The molecule has 2 fully saturated rings. The molecule has 0 unspecified atom stereocenters. The van der Waals surface area contributed by atoms with Crippen LogP contribution in [-0.4, -0.2) is 76.9 Å². The molecule has 0 radical (unpaired) electrons. The molecule has 5 nitrogen and oxygen atoms in total. The fraction of sp³-hybridized carbons (Fsp3) is 0.857. The largest absolute Gasteiger partial charge is 0.392 e. The van der Waals surface area contributed by atoms with Crippen molar-refractivity contribution in [1.82, 2.24) is 14.7 Å². The van der Waals surface area contributed by atoms with Gasteiger partial charge in [0, 0.05) is 46.2 Å². The van der Waals surface area contributed by atoms with Crippen LogP contribution in [0, 0.1) is 0 Å². The van der Waals surface area contributed by atoms with E-state index in [1.54, 1.807) is 6.92 Å². The summed E-state index contributed by atoms with van der Waals surface area (Å²) in [5, 5.41) is 0. The van der Waals surface area contributed by atoms with Crippen LogP contribution in [0.25, 0.3) is 0 Å². The summed E-state index contributed by atoms with van der Waals surface area (Å²) in [6, 6.07) is 0. The Kier molecular flexibility index (Phi) is 4.99. The van der Waals surface area contributed by atoms with Crippen molar-refractivity contribution in [1.29, 1.82) is 0 Å². The van der Waals surface area contributed by atoms with Gasteiger partial charge in [0.25, 0.3) is 0 Å². The molecule has 20 heavy (non-hydrogen) atoms. The molecule has 2 heterocycles. The van der Waals surface area contributed by atoms with E-state index in [0.717, 1.165) is 58.7 Å². The number of carbonyl (C=O) groups is 1. The first kappa shape index (κ1) is 15.7. The molecular weight excluding hydrogens is 272 g/mol. The topological polar surface area (TPSA) is 52.8 Å². The highest BCUT2D eigenvalue weighted by Gasteiger charge is 2.43. The molecule has 0 aromatic heterocycles. The third-order valence-electron chi connectivity index (χ3n) is 4.92. The summed E-state index contributed by atoms with van der Waals surface area (Å²) in [4.78, 5) is 18.8. The van der Waals surface area contributed by atoms with Crippen LogP contribution in [0.1, 0.15) is 26.7 Å². The van der Waals surface area contributed by atoms with Gasteiger partial charge in [0.1, 0.15) is 0 Å². The molecule has 1 amide bonds. The standard InChI is InChI=1S/C14H26N4OS/c1-3-16-6-4-14(5-7-16,13(15)20)18-10-8-17(9-11-18)12(2)19/h3-11H2,1-2H3,(H2,15,20). The van der Waals surface area contributed by atoms with E-state index in [-0.39, 0.29) is 11.4 Å². The number of nitrogens with zero attached hydrogens (tertiary/aromatic N) is 3. The van der Waals surface area contributed by atoms with Crippen molar-refractivity contribution in [2.75, 3.05) is 45.8 Å². The maximum atomic E-state index is 11.4. The van der Waals surface area contributed by atoms with Crippen LogP contribution in [0.15, 0.2) is 0 Å². The van der Waals surface area contributed by atoms with Crippen LogP contribution >= 0.6 is 12.2 Å². The van der Waals surface area contributed by atoms with Gasteiger partial charge >= 0.3 is 0 Å². The van der Waals surface area contributed by atoms with Gasteiger partial charge in [-0.1, -0.05) is 19.1 Å². The third kappa shape index (κ3) is 2.97. The molecule has 0 aromatic carbocycles. The van der Waals surface area contributed by atoms with Gasteiger partial charge in [0.2, 0.25) is 5.91 Å². The Morgan fingerprint density at radius 2 is 1.70 bits per heavy atom. The Labute approximate surface area is 127 Å². The second-order valence-corrected chi connectivity index (χ2v) is 6.26. The van der Waals surface area contributed by atoms with Crippen LogP contribution in [0.2, 0.25) is 0 Å². The lowest BCUT2D eigenvalue weighted by Crippen LogP contribution is -2.65. The van der Waals surface area contributed by atoms with E-state index < -0.39 is 0 Å². The summed E-state index contributed by atoms with van der Waals surface area (Å²) in [6.45, 7) is 10.4. The monoisotopic (exact) mass is 298 g/mol. The number of rotatable bonds is 3. The molecule has 6 heteroatoms. The lowest BCUT2D eigenvalue weighted by atomic mass is 9.84. The predicted molar refractivity (Wildman–Crippen MR) is 84.7 cm³/mol. The number of hydrogen-bond acceptors (Lipinski definition) is 4. The molecule has 2 N–H and O–H groups in total. The van der Waals surface area contributed by atoms with Crippen molar-refractivity contribution in [2.24, 2.45) is 5.73 Å². The Bertz CT molecular complexity index is 371. The molecular formula is C14H26N4OS. The highest BCUT2D eigenvalue weighted by molar-refractivity contribution is 7.80. The molecule has 0 aromatic rings. The molecule has 0 saturated carbocycles. The predicted octanol–water partition coefficient (Wildman–Crippen LogP) is 0.291. The Morgan fingerprint density at radius 1 is 1.15 bits per heavy atom. The highest BCUT2D eigenvalue weighted by Crippen LogP contribution is 2.30. The fourth-order valence-corrected chi connectivity index (χ4v) is 3.74. The average Bonchev–Trinajstić information content (AvgIpc) is 2.47. The number of piperidine rings is 1. The van der Waals surface area contributed by atoms with Crippen molar-refractivity contribution in [3.05, 3.63) is 0 Å². The van der Waals surface area contributed by atoms with E-state index in [1.807, 2.05) is 4.90 Å². The summed E-state index contributed by atoms with van der Waals surface area (Å²) in [5.41, 5.74) is 5.97. The second-order valence-electron chi connectivity index (χ2n) is 5.82. The van der Waals surface area contributed by atoms with Crippen LogP contribution in [0.5, 0.6) is 0 Å². The van der Waals surface area contributed by atoms with Gasteiger partial charge in [-0.05, 0) is 19.4 Å². The zero-order chi connectivity index (χ0) is 14.8. The molecule has 2 aliphatic heterocycles. The number of nitrogens with two attached hydrogens (primary N) is 1. The van der Waals surface area contributed by atoms with Gasteiger partial charge in [-0.25, -0.2) is 0 Å². The second kappa shape index (κ2) is 6.37. The summed E-state index contributed by atoms with van der Waals surface area (Å²) >= 11 is 5.40. The van der Waals surface area contributed by atoms with Gasteiger partial charge in [0.05, 0.1) is 10.5 Å². The smallest absolute Gasteiger partial charge is 0.219 e. The van der Waals surface area contributed by atoms with E-state index in [4.69, 9.17) is 18.0 Å². The number of amides is 1. The first-order valence-electron chi connectivity index (χ1n) is 7.52. The quantitative estimate of drug-likeness (QED) is 0.759. The average molecular weight is 298 g/mol. The number of thiocarbonyl (C=S) groups is 1. The van der Waals surface area contributed by atoms with Crippen molar-refractivity contribution in [3.8, 4) is 0 Å². The number of hydrogen-bond donors (Lipinski definition) is 1. The van der Waals surface area contributed by atoms with E-state index in [1.165, 1.54) is 0 Å². The van der Waals surface area contributed by atoms with Crippen molar-refractivity contribution >= 4 is 23.1 Å². The van der Waals surface area contributed by atoms with Gasteiger partial charge in [-0.3, -0.25) is 9.69 Å². The van der Waals surface area contributed by atoms with Gasteiger partial charge < -0.3 is 15.5 Å². The minimum Gasteiger partial charge on any atom is -0.392 e. The van der Waals surface area contributed by atoms with Gasteiger partial charge in [-0.15, -0.1) is 0 Å². The molecule has 0 aliphatic carbocycles. The number of piperazine rings is 1. The summed E-state index contributed by atoms with van der Waals surface area (Å²) < 4.78 is 0. The Hall–Kier alpha value is -0.720. The van der Waals surface area contributed by atoms with Crippen molar-refractivity contribution in [2.45, 2.75) is 32.2 Å². The Balaban J connectivity index is 2.04. The summed E-state index contributed by atoms with van der Waals surface area (Å²) in [6.07, 6.45) is 2.02. The highest BCUT2D eigenvalue weighted by atomic mass is 32.1. The Morgan fingerprint density at radius 3 is 2.10 bits per heavy atom. The zero-order valence-electron chi connectivity index (χ0n) is 12.6. The van der Waals surface area contributed by atoms with Gasteiger partial charge in [-0.2, -0.15) is 0 Å². The van der Waals surface area contributed by atoms with Crippen LogP contribution < -0.4 is 5.73 Å². The lowest BCUT2D eigenvalue weighted by Gasteiger charge is -2.50. The molecule has 2 rings (SSSR count). The SMILES string of the molecule is CCN1CCC(C(N)=S)(N2CCN(C(C)=O)CC2)CC1. The molecule has 2 saturated heterocycles. The first-order chi connectivity index (χ1) is 9.49. The molecule has 0 atom stereocenters. The molecule has 0 spiro atoms. The summed E-state index contributed by atoms with van der Waals surface area (Å²) in [7, 11) is 0. The minimum absolute atomic E-state index is 0.135. The maximum Gasteiger partial charge on any atom is 0.219 e. The number of carbonyl (C=O) groups excluding carboxylic acids is 1. The minimum atomic E-state index is -0.135. The molecule has 114 valence electrons. The van der Waals surface area contributed by atoms with Crippen molar-refractivity contribution < 1.29 is 4.79 Å². The maximum absolute atomic E-state index is 11.4. The molecule has 0 bridgehead atoms.